The van der Waals surface area contributed by atoms with Crippen LogP contribution in [0.4, 0.5) is 0 Å². The van der Waals surface area contributed by atoms with Crippen LogP contribution in [0, 0.1) is 17.8 Å². The van der Waals surface area contributed by atoms with Crippen molar-refractivity contribution in [1.82, 2.24) is 10.2 Å². The number of Topliss-reactive ketones (excluding diaryl/α,β-unsaturated/α-hetero) is 1. The first-order valence-corrected chi connectivity index (χ1v) is 10.2. The third-order valence-electron chi connectivity index (χ3n) is 7.35. The van der Waals surface area contributed by atoms with Gasteiger partial charge in [0.25, 0.3) is 0 Å². The Labute approximate surface area is 151 Å². The number of carbonyl (C=O) groups excluding carboxylic acids is 2. The molecular formula is C21H32N2O2. The van der Waals surface area contributed by atoms with Gasteiger partial charge in [0.1, 0.15) is 5.78 Å². The van der Waals surface area contributed by atoms with Crippen LogP contribution in [0.2, 0.25) is 0 Å². The molecule has 3 fully saturated rings. The standard InChI is InChI=1S/C21H32N2O2/c1-13-9-16-11-20(22-15(3)25)19-7-6-17(10-14(2)24)23-8-4-5-18(16)21(19,23)12-13/h13,16-18H,4-12H2,1-3H3,(H,22,25)/t13-,16+,17-,18-,21-/m1/s1. The highest BCUT2D eigenvalue weighted by Crippen LogP contribution is 2.60. The molecule has 1 spiro atoms. The SMILES string of the molecule is CC(=O)C[C@H]1CCC2=C(NC(C)=O)C[C@@H]3C[C@@H](C)C[C@@]24[C@@H]3CCCN14. The Kier molecular flexibility index (Phi) is 4.30. The van der Waals surface area contributed by atoms with Gasteiger partial charge in [-0.3, -0.25) is 14.5 Å². The normalized spacial score (nSPS) is 40.4. The molecule has 138 valence electrons. The van der Waals surface area contributed by atoms with Gasteiger partial charge in [-0.05, 0) is 81.7 Å². The third kappa shape index (κ3) is 2.68. The predicted octanol–water partition coefficient (Wildman–Crippen LogP) is 3.42. The lowest BCUT2D eigenvalue weighted by molar-refractivity contribution is -0.125. The summed E-state index contributed by atoms with van der Waals surface area (Å²) in [5, 5.41) is 3.21. The average molecular weight is 344 g/mol. The Morgan fingerprint density at radius 2 is 2.08 bits per heavy atom. The second-order valence-corrected chi connectivity index (χ2v) is 9.11. The fraction of sp³-hybridized carbons (Fsp3) is 0.810. The molecule has 0 unspecified atom stereocenters. The van der Waals surface area contributed by atoms with Crippen molar-refractivity contribution < 1.29 is 9.59 Å². The van der Waals surface area contributed by atoms with Gasteiger partial charge in [-0.15, -0.1) is 0 Å². The Morgan fingerprint density at radius 3 is 2.80 bits per heavy atom. The second-order valence-electron chi connectivity index (χ2n) is 9.11. The monoisotopic (exact) mass is 344 g/mol. The zero-order chi connectivity index (χ0) is 17.8. The van der Waals surface area contributed by atoms with E-state index in [2.05, 4.69) is 17.1 Å². The van der Waals surface area contributed by atoms with Crippen molar-refractivity contribution in [1.29, 1.82) is 0 Å². The summed E-state index contributed by atoms with van der Waals surface area (Å²) in [4.78, 5) is 26.4. The van der Waals surface area contributed by atoms with Crippen LogP contribution in [0.25, 0.3) is 0 Å². The minimum atomic E-state index is 0.0664. The van der Waals surface area contributed by atoms with E-state index < -0.39 is 0 Å². The van der Waals surface area contributed by atoms with Crippen LogP contribution < -0.4 is 5.32 Å². The quantitative estimate of drug-likeness (QED) is 0.853. The average Bonchev–Trinajstić information content (AvgIpc) is 2.50. The summed E-state index contributed by atoms with van der Waals surface area (Å²) in [6.07, 6.45) is 8.93. The van der Waals surface area contributed by atoms with E-state index in [9.17, 15) is 9.59 Å². The lowest BCUT2D eigenvalue weighted by Gasteiger charge is -2.66. The summed E-state index contributed by atoms with van der Waals surface area (Å²) in [7, 11) is 0. The number of rotatable bonds is 3. The molecule has 4 rings (SSSR count). The third-order valence-corrected chi connectivity index (χ3v) is 7.35. The molecular weight excluding hydrogens is 312 g/mol. The Balaban J connectivity index is 1.81. The van der Waals surface area contributed by atoms with Crippen molar-refractivity contribution in [2.75, 3.05) is 6.54 Å². The van der Waals surface area contributed by atoms with Crippen LogP contribution >= 0.6 is 0 Å². The molecule has 0 aromatic heterocycles. The Bertz CT molecular complexity index is 625. The summed E-state index contributed by atoms with van der Waals surface area (Å²) >= 11 is 0. The van der Waals surface area contributed by atoms with Gasteiger partial charge < -0.3 is 5.32 Å². The summed E-state index contributed by atoms with van der Waals surface area (Å²) in [6, 6.07) is 0.395. The van der Waals surface area contributed by atoms with E-state index in [0.29, 0.717) is 24.2 Å². The molecule has 1 N–H and O–H groups in total. The molecule has 0 radical (unpaired) electrons. The number of hydrogen-bond donors (Lipinski definition) is 1. The van der Waals surface area contributed by atoms with E-state index in [4.69, 9.17) is 0 Å². The fourth-order valence-corrected chi connectivity index (χ4v) is 6.94. The van der Waals surface area contributed by atoms with Crippen LogP contribution in [0.3, 0.4) is 0 Å². The first kappa shape index (κ1) is 17.3. The smallest absolute Gasteiger partial charge is 0.220 e. The fourth-order valence-electron chi connectivity index (χ4n) is 6.94. The van der Waals surface area contributed by atoms with Crippen molar-refractivity contribution in [2.45, 2.75) is 83.7 Å². The van der Waals surface area contributed by atoms with Crippen molar-refractivity contribution in [3.8, 4) is 0 Å². The number of ketones is 1. The largest absolute Gasteiger partial charge is 0.330 e. The summed E-state index contributed by atoms with van der Waals surface area (Å²) in [5.74, 6) is 2.52. The predicted molar refractivity (Wildman–Crippen MR) is 97.8 cm³/mol. The molecule has 0 aromatic rings. The highest BCUT2D eigenvalue weighted by Gasteiger charge is 2.60. The molecule has 2 heterocycles. The highest BCUT2D eigenvalue weighted by atomic mass is 16.1. The Hall–Kier alpha value is -1.16. The maximum Gasteiger partial charge on any atom is 0.220 e. The molecule has 5 atom stereocenters. The van der Waals surface area contributed by atoms with Gasteiger partial charge in [0, 0.05) is 30.6 Å². The van der Waals surface area contributed by atoms with E-state index in [1.807, 2.05) is 0 Å². The topological polar surface area (TPSA) is 49.4 Å². The van der Waals surface area contributed by atoms with E-state index >= 15 is 0 Å². The highest BCUT2D eigenvalue weighted by molar-refractivity contribution is 5.76. The first-order chi connectivity index (χ1) is 11.9. The van der Waals surface area contributed by atoms with Crippen molar-refractivity contribution in [3.05, 3.63) is 11.3 Å². The summed E-state index contributed by atoms with van der Waals surface area (Å²) in [5.41, 5.74) is 2.87. The molecule has 4 heteroatoms. The zero-order valence-electron chi connectivity index (χ0n) is 15.9. The van der Waals surface area contributed by atoms with Gasteiger partial charge >= 0.3 is 0 Å². The zero-order valence-corrected chi connectivity index (χ0v) is 15.9. The molecule has 4 nitrogen and oxygen atoms in total. The summed E-state index contributed by atoms with van der Waals surface area (Å²) in [6.45, 7) is 6.89. The van der Waals surface area contributed by atoms with Gasteiger partial charge in [0.15, 0.2) is 0 Å². The lowest BCUT2D eigenvalue weighted by Crippen LogP contribution is -2.69. The molecule has 25 heavy (non-hydrogen) atoms. The molecule has 2 saturated heterocycles. The molecule has 4 aliphatic rings. The minimum absolute atomic E-state index is 0.0664. The van der Waals surface area contributed by atoms with Gasteiger partial charge in [-0.2, -0.15) is 0 Å². The van der Waals surface area contributed by atoms with E-state index in [0.717, 1.165) is 37.6 Å². The molecule has 0 aromatic carbocycles. The number of hydrogen-bond acceptors (Lipinski definition) is 3. The second kappa shape index (κ2) is 6.22. The van der Waals surface area contributed by atoms with Gasteiger partial charge in [0.05, 0.1) is 0 Å². The van der Waals surface area contributed by atoms with Crippen LogP contribution in [-0.2, 0) is 9.59 Å². The minimum Gasteiger partial charge on any atom is -0.330 e. The molecule has 2 aliphatic carbocycles. The number of piperidine rings is 2. The van der Waals surface area contributed by atoms with E-state index in [1.54, 1.807) is 13.8 Å². The molecule has 2 bridgehead atoms. The van der Waals surface area contributed by atoms with E-state index in [1.165, 1.54) is 37.0 Å². The number of carbonyl (C=O) groups is 2. The van der Waals surface area contributed by atoms with Crippen molar-refractivity contribution in [3.63, 3.8) is 0 Å². The molecule has 1 amide bonds. The van der Waals surface area contributed by atoms with Crippen LogP contribution in [0.1, 0.15) is 72.1 Å². The van der Waals surface area contributed by atoms with Gasteiger partial charge in [0.2, 0.25) is 5.91 Å². The first-order valence-electron chi connectivity index (χ1n) is 10.2. The number of nitrogens with one attached hydrogen (secondary N) is 1. The van der Waals surface area contributed by atoms with Gasteiger partial charge in [-0.25, -0.2) is 0 Å². The number of amides is 1. The molecule has 2 aliphatic heterocycles. The van der Waals surface area contributed by atoms with Gasteiger partial charge in [-0.1, -0.05) is 6.92 Å². The maximum atomic E-state index is 11.9. The summed E-state index contributed by atoms with van der Waals surface area (Å²) < 4.78 is 0. The van der Waals surface area contributed by atoms with Crippen molar-refractivity contribution in [2.24, 2.45) is 17.8 Å². The Morgan fingerprint density at radius 1 is 1.28 bits per heavy atom. The van der Waals surface area contributed by atoms with Crippen LogP contribution in [0.15, 0.2) is 11.3 Å². The van der Waals surface area contributed by atoms with Crippen LogP contribution in [-0.4, -0.2) is 34.7 Å². The number of allylic oxidation sites excluding steroid dienone is 1. The number of nitrogens with zero attached hydrogens (tertiary/aromatic N) is 1. The maximum absolute atomic E-state index is 11.9. The van der Waals surface area contributed by atoms with Crippen molar-refractivity contribution >= 4 is 11.7 Å². The van der Waals surface area contributed by atoms with Crippen LogP contribution in [0.5, 0.6) is 0 Å². The lowest BCUT2D eigenvalue weighted by atomic mass is 9.51. The van der Waals surface area contributed by atoms with E-state index in [-0.39, 0.29) is 11.4 Å². The molecule has 1 saturated carbocycles.